The molecule has 2 heterocycles. The van der Waals surface area contributed by atoms with Gasteiger partial charge in [0, 0.05) is 5.69 Å². The lowest BCUT2D eigenvalue weighted by Gasteiger charge is -2.03. The number of hydrogen-bond acceptors (Lipinski definition) is 4. The summed E-state index contributed by atoms with van der Waals surface area (Å²) in [4.78, 5) is 16.1. The number of rotatable bonds is 4. The zero-order valence-electron chi connectivity index (χ0n) is 10.3. The molecule has 0 bridgehead atoms. The SMILES string of the molecule is CCCc1cc(Cl)n2ncc(C(=O)OCC)c2n1. The zero-order valence-corrected chi connectivity index (χ0v) is 11.1. The Hall–Kier alpha value is -1.62. The van der Waals surface area contributed by atoms with Crippen molar-refractivity contribution in [3.05, 3.63) is 28.7 Å². The lowest BCUT2D eigenvalue weighted by molar-refractivity contribution is 0.0528. The van der Waals surface area contributed by atoms with E-state index in [0.717, 1.165) is 18.5 Å². The maximum Gasteiger partial charge on any atom is 0.343 e. The van der Waals surface area contributed by atoms with Crippen molar-refractivity contribution < 1.29 is 9.53 Å². The van der Waals surface area contributed by atoms with Gasteiger partial charge in [-0.1, -0.05) is 24.9 Å². The number of hydrogen-bond donors (Lipinski definition) is 0. The van der Waals surface area contributed by atoms with Crippen LogP contribution in [-0.4, -0.2) is 27.2 Å². The molecule has 0 aliphatic heterocycles. The minimum Gasteiger partial charge on any atom is -0.462 e. The van der Waals surface area contributed by atoms with E-state index in [2.05, 4.69) is 17.0 Å². The molecule has 0 saturated heterocycles. The molecule has 0 atom stereocenters. The van der Waals surface area contributed by atoms with Crippen LogP contribution in [0.4, 0.5) is 0 Å². The lowest BCUT2D eigenvalue weighted by atomic mass is 10.2. The van der Waals surface area contributed by atoms with E-state index in [4.69, 9.17) is 16.3 Å². The fourth-order valence-corrected chi connectivity index (χ4v) is 1.96. The lowest BCUT2D eigenvalue weighted by Crippen LogP contribution is -2.06. The average molecular weight is 268 g/mol. The number of carbonyl (C=O) groups is 1. The molecular weight excluding hydrogens is 254 g/mol. The van der Waals surface area contributed by atoms with Gasteiger partial charge in [-0.05, 0) is 19.4 Å². The van der Waals surface area contributed by atoms with Crippen LogP contribution in [0.3, 0.4) is 0 Å². The Kier molecular flexibility index (Phi) is 3.81. The first kappa shape index (κ1) is 12.8. The number of aromatic nitrogens is 3. The van der Waals surface area contributed by atoms with Gasteiger partial charge in [0.15, 0.2) is 5.65 Å². The minimum absolute atomic E-state index is 0.318. The summed E-state index contributed by atoms with van der Waals surface area (Å²) in [6, 6.07) is 1.76. The molecule has 2 rings (SSSR count). The van der Waals surface area contributed by atoms with Crippen LogP contribution in [0.1, 0.15) is 36.3 Å². The predicted molar refractivity (Wildman–Crippen MR) is 67.9 cm³/mol. The Balaban J connectivity index is 2.52. The summed E-state index contributed by atoms with van der Waals surface area (Å²) in [5, 5.41) is 4.49. The number of halogens is 1. The summed E-state index contributed by atoms with van der Waals surface area (Å²) < 4.78 is 6.40. The number of ether oxygens (including phenoxy) is 1. The van der Waals surface area contributed by atoms with Gasteiger partial charge in [-0.25, -0.2) is 14.3 Å². The second-order valence-corrected chi connectivity index (χ2v) is 4.22. The number of aryl methyl sites for hydroxylation is 1. The van der Waals surface area contributed by atoms with Gasteiger partial charge < -0.3 is 4.74 Å². The Labute approximate surface area is 110 Å². The summed E-state index contributed by atoms with van der Waals surface area (Å²) >= 11 is 6.10. The van der Waals surface area contributed by atoms with Crippen LogP contribution < -0.4 is 0 Å². The quantitative estimate of drug-likeness (QED) is 0.631. The molecule has 0 radical (unpaired) electrons. The number of fused-ring (bicyclic) bond motifs is 1. The second kappa shape index (κ2) is 5.35. The molecule has 6 heteroatoms. The predicted octanol–water partition coefficient (Wildman–Crippen LogP) is 2.51. The van der Waals surface area contributed by atoms with Gasteiger partial charge in [-0.3, -0.25) is 0 Å². The smallest absolute Gasteiger partial charge is 0.343 e. The van der Waals surface area contributed by atoms with E-state index in [0.29, 0.717) is 23.0 Å². The van der Waals surface area contributed by atoms with E-state index in [9.17, 15) is 4.79 Å². The van der Waals surface area contributed by atoms with Gasteiger partial charge in [-0.2, -0.15) is 5.10 Å². The van der Waals surface area contributed by atoms with Gasteiger partial charge in [0.1, 0.15) is 10.7 Å². The van der Waals surface area contributed by atoms with E-state index >= 15 is 0 Å². The van der Waals surface area contributed by atoms with E-state index in [1.165, 1.54) is 10.7 Å². The maximum absolute atomic E-state index is 11.7. The summed E-state index contributed by atoms with van der Waals surface area (Å²) in [7, 11) is 0. The molecule has 0 aliphatic carbocycles. The first-order valence-corrected chi connectivity index (χ1v) is 6.25. The second-order valence-electron chi connectivity index (χ2n) is 3.83. The molecule has 0 N–H and O–H groups in total. The van der Waals surface area contributed by atoms with E-state index in [-0.39, 0.29) is 0 Å². The van der Waals surface area contributed by atoms with Crippen LogP contribution in [-0.2, 0) is 11.2 Å². The van der Waals surface area contributed by atoms with E-state index < -0.39 is 5.97 Å². The molecule has 0 fully saturated rings. The largest absolute Gasteiger partial charge is 0.462 e. The molecule has 0 spiro atoms. The third kappa shape index (κ3) is 2.31. The standard InChI is InChI=1S/C12H14ClN3O2/c1-3-5-8-6-10(13)16-11(15-8)9(7-14-16)12(17)18-4-2/h6-7H,3-5H2,1-2H3. The van der Waals surface area contributed by atoms with Crippen molar-refractivity contribution in [2.45, 2.75) is 26.7 Å². The summed E-state index contributed by atoms with van der Waals surface area (Å²) in [5.41, 5.74) is 1.64. The van der Waals surface area contributed by atoms with Gasteiger partial charge in [-0.15, -0.1) is 0 Å². The third-order valence-corrected chi connectivity index (χ3v) is 2.75. The van der Waals surface area contributed by atoms with Crippen molar-refractivity contribution in [3.8, 4) is 0 Å². The van der Waals surface area contributed by atoms with Crippen LogP contribution in [0.15, 0.2) is 12.3 Å². The highest BCUT2D eigenvalue weighted by atomic mass is 35.5. The molecular formula is C12H14ClN3O2. The third-order valence-electron chi connectivity index (χ3n) is 2.48. The van der Waals surface area contributed by atoms with Gasteiger partial charge >= 0.3 is 5.97 Å². The topological polar surface area (TPSA) is 56.5 Å². The molecule has 0 aliphatic rings. The Morgan fingerprint density at radius 2 is 2.28 bits per heavy atom. The molecule has 5 nitrogen and oxygen atoms in total. The molecule has 2 aromatic rings. The number of nitrogens with zero attached hydrogens (tertiary/aromatic N) is 3. The molecule has 0 unspecified atom stereocenters. The van der Waals surface area contributed by atoms with Crippen molar-refractivity contribution >= 4 is 23.2 Å². The molecule has 0 aromatic carbocycles. The summed E-state index contributed by atoms with van der Waals surface area (Å²) in [6.45, 7) is 4.13. The molecule has 0 amide bonds. The minimum atomic E-state index is -0.426. The Morgan fingerprint density at radius 1 is 1.50 bits per heavy atom. The van der Waals surface area contributed by atoms with Gasteiger partial charge in [0.2, 0.25) is 0 Å². The van der Waals surface area contributed by atoms with Crippen LogP contribution in [0.5, 0.6) is 0 Å². The van der Waals surface area contributed by atoms with Crippen molar-refractivity contribution in [3.63, 3.8) is 0 Å². The zero-order chi connectivity index (χ0) is 13.1. The molecule has 2 aromatic heterocycles. The molecule has 0 saturated carbocycles. The fraction of sp³-hybridized carbons (Fsp3) is 0.417. The summed E-state index contributed by atoms with van der Waals surface area (Å²) in [5.74, 6) is -0.426. The normalized spacial score (nSPS) is 10.8. The fourth-order valence-electron chi connectivity index (χ4n) is 1.71. The van der Waals surface area contributed by atoms with Crippen molar-refractivity contribution in [1.29, 1.82) is 0 Å². The van der Waals surface area contributed by atoms with E-state index in [1.54, 1.807) is 13.0 Å². The average Bonchev–Trinajstić information content (AvgIpc) is 2.74. The first-order chi connectivity index (χ1) is 8.67. The highest BCUT2D eigenvalue weighted by Gasteiger charge is 2.17. The van der Waals surface area contributed by atoms with Crippen LogP contribution in [0.25, 0.3) is 5.65 Å². The first-order valence-electron chi connectivity index (χ1n) is 5.87. The highest BCUT2D eigenvalue weighted by Crippen LogP contribution is 2.17. The van der Waals surface area contributed by atoms with Crippen LogP contribution in [0, 0.1) is 0 Å². The molecule has 18 heavy (non-hydrogen) atoms. The molecule has 96 valence electrons. The Bertz CT molecular complexity index is 580. The number of carbonyl (C=O) groups excluding carboxylic acids is 1. The van der Waals surface area contributed by atoms with Crippen LogP contribution in [0.2, 0.25) is 5.15 Å². The highest BCUT2D eigenvalue weighted by molar-refractivity contribution is 6.29. The summed E-state index contributed by atoms with van der Waals surface area (Å²) in [6.07, 6.45) is 3.20. The van der Waals surface area contributed by atoms with Crippen LogP contribution >= 0.6 is 11.6 Å². The van der Waals surface area contributed by atoms with Crippen molar-refractivity contribution in [2.75, 3.05) is 6.61 Å². The Morgan fingerprint density at radius 3 is 2.94 bits per heavy atom. The van der Waals surface area contributed by atoms with Crippen molar-refractivity contribution in [2.24, 2.45) is 0 Å². The number of esters is 1. The monoisotopic (exact) mass is 267 g/mol. The van der Waals surface area contributed by atoms with Crippen molar-refractivity contribution in [1.82, 2.24) is 14.6 Å². The van der Waals surface area contributed by atoms with E-state index in [1.807, 2.05) is 0 Å². The maximum atomic E-state index is 11.7. The van der Waals surface area contributed by atoms with Gasteiger partial charge in [0.25, 0.3) is 0 Å². The van der Waals surface area contributed by atoms with Gasteiger partial charge in [0.05, 0.1) is 12.8 Å².